The molecule has 6 heteroatoms. The highest BCUT2D eigenvalue weighted by molar-refractivity contribution is 5.68. The van der Waals surface area contributed by atoms with Crippen molar-refractivity contribution in [2.24, 2.45) is 0 Å². The second-order valence-electron chi connectivity index (χ2n) is 3.21. The summed E-state index contributed by atoms with van der Waals surface area (Å²) in [5.41, 5.74) is 0.998. The van der Waals surface area contributed by atoms with E-state index in [0.29, 0.717) is 12.2 Å². The van der Waals surface area contributed by atoms with Gasteiger partial charge in [0.2, 0.25) is 5.89 Å². The zero-order valence-electron chi connectivity index (χ0n) is 8.33. The van der Waals surface area contributed by atoms with Crippen molar-refractivity contribution in [1.82, 2.24) is 15.1 Å². The lowest BCUT2D eigenvalue weighted by molar-refractivity contribution is -0.136. The van der Waals surface area contributed by atoms with Gasteiger partial charge in [0.15, 0.2) is 5.82 Å². The van der Waals surface area contributed by atoms with Gasteiger partial charge in [0, 0.05) is 18.8 Å². The normalized spacial score (nSPS) is 10.2. The summed E-state index contributed by atoms with van der Waals surface area (Å²) < 4.78 is 4.79. The van der Waals surface area contributed by atoms with E-state index in [0.717, 1.165) is 5.56 Å². The second-order valence-corrected chi connectivity index (χ2v) is 3.21. The largest absolute Gasteiger partial charge is 0.481 e. The third-order valence-electron chi connectivity index (χ3n) is 1.92. The van der Waals surface area contributed by atoms with Crippen molar-refractivity contribution >= 4 is 5.97 Å². The molecule has 0 saturated carbocycles. The Balaban J connectivity index is 2.06. The Kier molecular flexibility index (Phi) is 2.90. The lowest BCUT2D eigenvalue weighted by atomic mass is 10.2. The zero-order chi connectivity index (χ0) is 11.4. The highest BCUT2D eigenvalue weighted by Crippen LogP contribution is 2.05. The number of aromatic nitrogens is 3. The van der Waals surface area contributed by atoms with E-state index in [1.54, 1.807) is 12.4 Å². The molecule has 0 radical (unpaired) electrons. The van der Waals surface area contributed by atoms with E-state index in [4.69, 9.17) is 9.63 Å². The summed E-state index contributed by atoms with van der Waals surface area (Å²) in [6, 6.07) is 3.68. The van der Waals surface area contributed by atoms with Crippen LogP contribution in [0.15, 0.2) is 29.0 Å². The molecule has 2 heterocycles. The summed E-state index contributed by atoms with van der Waals surface area (Å²) in [7, 11) is 0. The first-order chi connectivity index (χ1) is 7.74. The Labute approximate surface area is 90.9 Å². The van der Waals surface area contributed by atoms with Crippen LogP contribution < -0.4 is 0 Å². The zero-order valence-corrected chi connectivity index (χ0v) is 8.33. The van der Waals surface area contributed by atoms with Crippen LogP contribution in [0.3, 0.4) is 0 Å². The maximum Gasteiger partial charge on any atom is 0.312 e. The Bertz CT molecular complexity index is 481. The lowest BCUT2D eigenvalue weighted by Gasteiger charge is -1.93. The second kappa shape index (κ2) is 4.52. The Hall–Kier alpha value is -2.24. The highest BCUT2D eigenvalue weighted by Gasteiger charge is 2.10. The van der Waals surface area contributed by atoms with Gasteiger partial charge in [-0.2, -0.15) is 4.98 Å². The van der Waals surface area contributed by atoms with Gasteiger partial charge in [0.1, 0.15) is 6.42 Å². The third-order valence-corrected chi connectivity index (χ3v) is 1.92. The van der Waals surface area contributed by atoms with Crippen LogP contribution in [0.5, 0.6) is 0 Å². The molecule has 0 aliphatic heterocycles. The maximum atomic E-state index is 10.4. The molecule has 16 heavy (non-hydrogen) atoms. The van der Waals surface area contributed by atoms with Crippen molar-refractivity contribution in [1.29, 1.82) is 0 Å². The van der Waals surface area contributed by atoms with Crippen molar-refractivity contribution in [2.45, 2.75) is 12.8 Å². The van der Waals surface area contributed by atoms with E-state index in [1.807, 2.05) is 12.1 Å². The molecule has 0 bridgehead atoms. The van der Waals surface area contributed by atoms with Crippen molar-refractivity contribution in [2.75, 3.05) is 0 Å². The number of nitrogens with zero attached hydrogens (tertiary/aromatic N) is 3. The lowest BCUT2D eigenvalue weighted by Crippen LogP contribution is -2.00. The van der Waals surface area contributed by atoms with E-state index in [2.05, 4.69) is 15.1 Å². The molecule has 0 saturated heterocycles. The van der Waals surface area contributed by atoms with Crippen molar-refractivity contribution < 1.29 is 14.4 Å². The van der Waals surface area contributed by atoms with Crippen LogP contribution in [0.25, 0.3) is 0 Å². The molecule has 2 aromatic heterocycles. The van der Waals surface area contributed by atoms with Crippen LogP contribution in [0.4, 0.5) is 0 Å². The van der Waals surface area contributed by atoms with E-state index in [-0.39, 0.29) is 12.3 Å². The molecule has 0 aliphatic carbocycles. The molecule has 1 N–H and O–H groups in total. The Morgan fingerprint density at radius 1 is 1.38 bits per heavy atom. The number of rotatable bonds is 4. The number of carbonyl (C=O) groups is 1. The van der Waals surface area contributed by atoms with Crippen LogP contribution in [-0.2, 0) is 17.6 Å². The van der Waals surface area contributed by atoms with Crippen LogP contribution >= 0.6 is 0 Å². The molecule has 6 nitrogen and oxygen atoms in total. The molecule has 0 spiro atoms. The standard InChI is InChI=1S/C10H9N3O3/c14-10(15)6-9-12-8(13-16-9)5-7-1-3-11-4-2-7/h1-4H,5-6H2,(H,14,15). The molecule has 0 fully saturated rings. The highest BCUT2D eigenvalue weighted by atomic mass is 16.5. The summed E-state index contributed by atoms with van der Waals surface area (Å²) in [5.74, 6) is -0.391. The third kappa shape index (κ3) is 2.63. The van der Waals surface area contributed by atoms with Crippen LogP contribution in [0.2, 0.25) is 0 Å². The van der Waals surface area contributed by atoms with E-state index in [9.17, 15) is 4.79 Å². The topological polar surface area (TPSA) is 89.1 Å². The fraction of sp³-hybridized carbons (Fsp3) is 0.200. The number of hydrogen-bond donors (Lipinski definition) is 1. The molecule has 0 aromatic carbocycles. The Morgan fingerprint density at radius 3 is 2.81 bits per heavy atom. The van der Waals surface area contributed by atoms with Gasteiger partial charge in [-0.05, 0) is 17.7 Å². The monoisotopic (exact) mass is 219 g/mol. The smallest absolute Gasteiger partial charge is 0.312 e. The first-order valence-corrected chi connectivity index (χ1v) is 4.66. The minimum atomic E-state index is -0.987. The molecule has 0 atom stereocenters. The fourth-order valence-electron chi connectivity index (χ4n) is 1.25. The average molecular weight is 219 g/mol. The summed E-state index contributed by atoms with van der Waals surface area (Å²) in [6.07, 6.45) is 3.61. The van der Waals surface area contributed by atoms with Gasteiger partial charge < -0.3 is 9.63 Å². The molecule has 82 valence electrons. The summed E-state index contributed by atoms with van der Waals surface area (Å²) in [4.78, 5) is 18.3. The molecule has 0 amide bonds. The number of hydrogen-bond acceptors (Lipinski definition) is 5. The number of carboxylic acid groups (broad SMARTS) is 1. The number of pyridine rings is 1. The number of carboxylic acids is 1. The molecule has 2 aromatic rings. The Morgan fingerprint density at radius 2 is 2.12 bits per heavy atom. The van der Waals surface area contributed by atoms with Gasteiger partial charge >= 0.3 is 5.97 Å². The minimum Gasteiger partial charge on any atom is -0.481 e. The van der Waals surface area contributed by atoms with E-state index >= 15 is 0 Å². The summed E-state index contributed by atoms with van der Waals surface area (Å²) >= 11 is 0. The van der Waals surface area contributed by atoms with Crippen LogP contribution in [0.1, 0.15) is 17.3 Å². The molecule has 0 aliphatic rings. The van der Waals surface area contributed by atoms with Gasteiger partial charge in [-0.15, -0.1) is 0 Å². The van der Waals surface area contributed by atoms with Gasteiger partial charge in [0.25, 0.3) is 0 Å². The van der Waals surface area contributed by atoms with Crippen LogP contribution in [0, 0.1) is 0 Å². The van der Waals surface area contributed by atoms with Crippen molar-refractivity contribution in [3.63, 3.8) is 0 Å². The fourth-order valence-corrected chi connectivity index (χ4v) is 1.25. The summed E-state index contributed by atoms with van der Waals surface area (Å²) in [6.45, 7) is 0. The first kappa shape index (κ1) is 10.3. The van der Waals surface area contributed by atoms with Crippen molar-refractivity contribution in [3.05, 3.63) is 41.8 Å². The molecular formula is C10H9N3O3. The SMILES string of the molecule is O=C(O)Cc1nc(Cc2ccncc2)no1. The summed E-state index contributed by atoms with van der Waals surface area (Å²) in [5, 5.41) is 12.2. The van der Waals surface area contributed by atoms with Crippen molar-refractivity contribution in [3.8, 4) is 0 Å². The average Bonchev–Trinajstić information content (AvgIpc) is 2.66. The van der Waals surface area contributed by atoms with Gasteiger partial charge in [-0.25, -0.2) is 0 Å². The maximum absolute atomic E-state index is 10.4. The predicted octanol–water partition coefficient (Wildman–Crippen LogP) is 0.683. The minimum absolute atomic E-state index is 0.122. The molecule has 2 rings (SSSR count). The van der Waals surface area contributed by atoms with Crippen LogP contribution in [-0.4, -0.2) is 26.2 Å². The molecular weight excluding hydrogens is 210 g/mol. The quantitative estimate of drug-likeness (QED) is 0.813. The van der Waals surface area contributed by atoms with E-state index in [1.165, 1.54) is 0 Å². The van der Waals surface area contributed by atoms with Gasteiger partial charge in [-0.1, -0.05) is 5.16 Å². The van der Waals surface area contributed by atoms with Gasteiger partial charge in [-0.3, -0.25) is 9.78 Å². The molecule has 0 unspecified atom stereocenters. The van der Waals surface area contributed by atoms with Gasteiger partial charge in [0.05, 0.1) is 0 Å². The predicted molar refractivity (Wildman–Crippen MR) is 52.7 cm³/mol. The van der Waals surface area contributed by atoms with E-state index < -0.39 is 5.97 Å². The first-order valence-electron chi connectivity index (χ1n) is 4.66. The number of aliphatic carboxylic acids is 1.